The molecule has 3 rings (SSSR count). The third kappa shape index (κ3) is 1.54. The molecule has 0 saturated heterocycles. The average molecular weight is 211 g/mol. The van der Waals surface area contributed by atoms with Crippen LogP contribution in [0.2, 0.25) is 0 Å². The minimum Gasteiger partial charge on any atom is -0.265 e. The highest BCUT2D eigenvalue weighted by atomic mass is 15.5. The van der Waals surface area contributed by atoms with E-state index >= 15 is 0 Å². The largest absolute Gasteiger partial charge is 0.265 e. The number of amidine groups is 1. The van der Waals surface area contributed by atoms with Gasteiger partial charge in [-0.1, -0.05) is 29.8 Å². The van der Waals surface area contributed by atoms with Crippen molar-refractivity contribution in [2.24, 2.45) is 10.1 Å². The molecule has 0 aromatic heterocycles. The summed E-state index contributed by atoms with van der Waals surface area (Å²) in [5.74, 6) is 0.982. The molecule has 2 aliphatic heterocycles. The monoisotopic (exact) mass is 211 g/mol. The summed E-state index contributed by atoms with van der Waals surface area (Å²) in [6.07, 6.45) is 4.07. The lowest BCUT2D eigenvalue weighted by Crippen LogP contribution is -2.25. The molecule has 0 bridgehead atoms. The molecule has 0 saturated carbocycles. The van der Waals surface area contributed by atoms with Gasteiger partial charge in [0.2, 0.25) is 0 Å². The fourth-order valence-electron chi connectivity index (χ4n) is 1.89. The Balaban J connectivity index is 1.94. The van der Waals surface area contributed by atoms with Crippen LogP contribution in [0, 0.1) is 6.92 Å². The molecule has 0 radical (unpaired) electrons. The second-order valence-electron chi connectivity index (χ2n) is 4.05. The van der Waals surface area contributed by atoms with Crippen molar-refractivity contribution in [3.8, 4) is 0 Å². The first-order chi connectivity index (χ1) is 7.83. The lowest BCUT2D eigenvalue weighted by molar-refractivity contribution is 0.490. The SMILES string of the molecule is Cc1ccc(C2=NN3CCN=C3C=C2)cc1. The second kappa shape index (κ2) is 3.59. The van der Waals surface area contributed by atoms with E-state index in [1.165, 1.54) is 5.56 Å². The molecular formula is C13H13N3. The highest BCUT2D eigenvalue weighted by Gasteiger charge is 2.18. The highest BCUT2D eigenvalue weighted by Crippen LogP contribution is 2.14. The summed E-state index contributed by atoms with van der Waals surface area (Å²) >= 11 is 0. The fourth-order valence-corrected chi connectivity index (χ4v) is 1.89. The van der Waals surface area contributed by atoms with Crippen LogP contribution in [0.5, 0.6) is 0 Å². The molecular weight excluding hydrogens is 198 g/mol. The van der Waals surface area contributed by atoms with Crippen molar-refractivity contribution in [3.05, 3.63) is 47.5 Å². The Bertz CT molecular complexity index is 494. The average Bonchev–Trinajstić information content (AvgIpc) is 2.77. The molecule has 1 aromatic carbocycles. The van der Waals surface area contributed by atoms with Crippen LogP contribution >= 0.6 is 0 Å². The Labute approximate surface area is 94.8 Å². The number of hydrazone groups is 1. The van der Waals surface area contributed by atoms with Crippen LogP contribution in [-0.2, 0) is 0 Å². The minimum absolute atomic E-state index is 0.852. The van der Waals surface area contributed by atoms with Gasteiger partial charge in [-0.2, -0.15) is 5.10 Å². The normalized spacial score (nSPS) is 18.2. The van der Waals surface area contributed by atoms with Crippen molar-refractivity contribution < 1.29 is 0 Å². The molecule has 80 valence electrons. The van der Waals surface area contributed by atoms with Crippen molar-refractivity contribution >= 4 is 11.5 Å². The highest BCUT2D eigenvalue weighted by molar-refractivity contribution is 6.14. The molecule has 16 heavy (non-hydrogen) atoms. The van der Waals surface area contributed by atoms with Crippen molar-refractivity contribution in [3.63, 3.8) is 0 Å². The molecule has 0 fully saturated rings. The van der Waals surface area contributed by atoms with E-state index in [2.05, 4.69) is 41.3 Å². The van der Waals surface area contributed by atoms with E-state index in [0.29, 0.717) is 0 Å². The minimum atomic E-state index is 0.852. The topological polar surface area (TPSA) is 28.0 Å². The first-order valence-electron chi connectivity index (χ1n) is 5.49. The summed E-state index contributed by atoms with van der Waals surface area (Å²) in [7, 11) is 0. The number of rotatable bonds is 1. The van der Waals surface area contributed by atoms with E-state index in [9.17, 15) is 0 Å². The molecule has 0 amide bonds. The van der Waals surface area contributed by atoms with Gasteiger partial charge in [0.25, 0.3) is 0 Å². The maximum Gasteiger partial charge on any atom is 0.144 e. The van der Waals surface area contributed by atoms with Crippen molar-refractivity contribution in [2.45, 2.75) is 6.92 Å². The molecule has 0 atom stereocenters. The standard InChI is InChI=1S/C13H13N3/c1-10-2-4-11(5-3-10)12-6-7-13-14-8-9-16(13)15-12/h2-7H,8-9H2,1H3. The summed E-state index contributed by atoms with van der Waals surface area (Å²) in [6, 6.07) is 8.44. The van der Waals surface area contributed by atoms with Crippen LogP contribution in [0.1, 0.15) is 11.1 Å². The van der Waals surface area contributed by atoms with Gasteiger partial charge in [0.05, 0.1) is 18.8 Å². The zero-order chi connectivity index (χ0) is 11.0. The van der Waals surface area contributed by atoms with Gasteiger partial charge in [0.1, 0.15) is 5.84 Å². The summed E-state index contributed by atoms with van der Waals surface area (Å²) in [5.41, 5.74) is 3.45. The molecule has 0 N–H and O–H groups in total. The number of benzene rings is 1. The summed E-state index contributed by atoms with van der Waals surface area (Å²) in [5, 5.41) is 6.54. The predicted molar refractivity (Wildman–Crippen MR) is 65.9 cm³/mol. The lowest BCUT2D eigenvalue weighted by atomic mass is 10.1. The van der Waals surface area contributed by atoms with Crippen LogP contribution in [0.15, 0.2) is 46.5 Å². The molecule has 3 heteroatoms. The zero-order valence-electron chi connectivity index (χ0n) is 9.22. The Morgan fingerprint density at radius 3 is 2.75 bits per heavy atom. The Morgan fingerprint density at radius 2 is 1.94 bits per heavy atom. The van der Waals surface area contributed by atoms with Gasteiger partial charge in [-0.05, 0) is 19.1 Å². The zero-order valence-corrected chi connectivity index (χ0v) is 9.22. The smallest absolute Gasteiger partial charge is 0.144 e. The van der Waals surface area contributed by atoms with E-state index in [1.807, 2.05) is 17.2 Å². The Morgan fingerprint density at radius 1 is 1.12 bits per heavy atom. The quantitative estimate of drug-likeness (QED) is 0.698. The van der Waals surface area contributed by atoms with Gasteiger partial charge in [-0.15, -0.1) is 0 Å². The summed E-state index contributed by atoms with van der Waals surface area (Å²) < 4.78 is 0. The number of hydrogen-bond acceptors (Lipinski definition) is 3. The van der Waals surface area contributed by atoms with E-state index in [4.69, 9.17) is 0 Å². The van der Waals surface area contributed by atoms with Gasteiger partial charge in [-0.25, -0.2) is 5.01 Å². The number of allylic oxidation sites excluding steroid dienone is 1. The van der Waals surface area contributed by atoms with E-state index in [0.717, 1.165) is 30.2 Å². The van der Waals surface area contributed by atoms with Gasteiger partial charge < -0.3 is 0 Å². The molecule has 3 nitrogen and oxygen atoms in total. The maximum atomic E-state index is 4.58. The van der Waals surface area contributed by atoms with Crippen LogP contribution in [-0.4, -0.2) is 29.6 Å². The summed E-state index contributed by atoms with van der Waals surface area (Å²) in [4.78, 5) is 4.35. The number of aryl methyl sites for hydroxylation is 1. The second-order valence-corrected chi connectivity index (χ2v) is 4.05. The van der Waals surface area contributed by atoms with Gasteiger partial charge in [-0.3, -0.25) is 4.99 Å². The van der Waals surface area contributed by atoms with Crippen LogP contribution in [0.25, 0.3) is 0 Å². The Hall–Kier alpha value is -1.90. The van der Waals surface area contributed by atoms with Crippen molar-refractivity contribution in [1.29, 1.82) is 0 Å². The lowest BCUT2D eigenvalue weighted by Gasteiger charge is -2.17. The number of nitrogens with zero attached hydrogens (tertiary/aromatic N) is 3. The molecule has 0 unspecified atom stereocenters. The van der Waals surface area contributed by atoms with E-state index in [1.54, 1.807) is 0 Å². The first kappa shape index (κ1) is 9.33. The van der Waals surface area contributed by atoms with Crippen molar-refractivity contribution in [1.82, 2.24) is 5.01 Å². The summed E-state index contributed by atoms with van der Waals surface area (Å²) in [6.45, 7) is 3.84. The Kier molecular flexibility index (Phi) is 2.10. The third-order valence-corrected chi connectivity index (χ3v) is 2.82. The molecule has 2 aliphatic rings. The fraction of sp³-hybridized carbons (Fsp3) is 0.231. The molecule has 0 spiro atoms. The third-order valence-electron chi connectivity index (χ3n) is 2.82. The van der Waals surface area contributed by atoms with Crippen LogP contribution in [0.4, 0.5) is 0 Å². The van der Waals surface area contributed by atoms with Gasteiger partial charge >= 0.3 is 0 Å². The number of fused-ring (bicyclic) bond motifs is 1. The molecule has 2 heterocycles. The number of hydrogen-bond donors (Lipinski definition) is 0. The van der Waals surface area contributed by atoms with Crippen molar-refractivity contribution in [2.75, 3.05) is 13.1 Å². The number of aliphatic imine (C=N–C) groups is 1. The van der Waals surface area contributed by atoms with E-state index in [-0.39, 0.29) is 0 Å². The predicted octanol–water partition coefficient (Wildman–Crippen LogP) is 1.98. The molecule has 1 aromatic rings. The van der Waals surface area contributed by atoms with Crippen LogP contribution in [0.3, 0.4) is 0 Å². The van der Waals surface area contributed by atoms with Crippen LogP contribution < -0.4 is 0 Å². The maximum absolute atomic E-state index is 4.58. The first-order valence-corrected chi connectivity index (χ1v) is 5.49. The van der Waals surface area contributed by atoms with Gasteiger partial charge in [0, 0.05) is 5.56 Å². The van der Waals surface area contributed by atoms with E-state index < -0.39 is 0 Å². The molecule has 0 aliphatic carbocycles. The van der Waals surface area contributed by atoms with Gasteiger partial charge in [0.15, 0.2) is 0 Å².